The monoisotopic (exact) mass is 312 g/mol. The highest BCUT2D eigenvalue weighted by molar-refractivity contribution is 7.71. The molecule has 1 heterocycles. The number of nitrogens with one attached hydrogen (secondary N) is 4. The third kappa shape index (κ3) is 3.12. The Hall–Kier alpha value is -2.73. The average Bonchev–Trinajstić information content (AvgIpc) is 2.86. The maximum atomic E-state index is 5.20. The lowest BCUT2D eigenvalue weighted by atomic mass is 10.2. The zero-order valence-corrected chi connectivity index (χ0v) is 12.9. The first kappa shape index (κ1) is 14.2. The Bertz CT molecular complexity index is 881. The fraction of sp³-hybridized carbons (Fsp3) is 0.0625. The molecule has 3 aromatic rings. The number of benzene rings is 2. The van der Waals surface area contributed by atoms with E-state index in [0.29, 0.717) is 10.6 Å². The Labute approximate surface area is 133 Å². The quantitative estimate of drug-likeness (QED) is 0.532. The minimum atomic E-state index is 0.612. The molecule has 0 bridgehead atoms. The molecule has 0 saturated carbocycles. The van der Waals surface area contributed by atoms with Gasteiger partial charge in [0.15, 0.2) is 4.77 Å². The zero-order valence-electron chi connectivity index (χ0n) is 12.1. The second-order valence-corrected chi connectivity index (χ2v) is 5.21. The van der Waals surface area contributed by atoms with Crippen LogP contribution in [0, 0.1) is 4.77 Å². The molecule has 1 aromatic heterocycles. The van der Waals surface area contributed by atoms with Crippen LogP contribution in [0.25, 0.3) is 11.0 Å². The molecule has 6 heteroatoms. The minimum Gasteiger partial charge on any atom is -0.497 e. The van der Waals surface area contributed by atoms with Gasteiger partial charge in [-0.3, -0.25) is 0 Å². The molecule has 4 N–H and O–H groups in total. The fourth-order valence-corrected chi connectivity index (χ4v) is 2.41. The number of ether oxygens (including phenoxy) is 1. The Kier molecular flexibility index (Phi) is 3.84. The van der Waals surface area contributed by atoms with Gasteiger partial charge >= 0.3 is 0 Å². The van der Waals surface area contributed by atoms with E-state index < -0.39 is 0 Å². The molecule has 2 aromatic carbocycles. The third-order valence-corrected chi connectivity index (χ3v) is 3.38. The van der Waals surface area contributed by atoms with Gasteiger partial charge in [0.25, 0.3) is 0 Å². The highest BCUT2D eigenvalue weighted by Gasteiger charge is 2.01. The molecule has 0 aliphatic heterocycles. The van der Waals surface area contributed by atoms with Crippen LogP contribution in [0.5, 0.6) is 5.75 Å². The van der Waals surface area contributed by atoms with Gasteiger partial charge < -0.3 is 25.3 Å². The van der Waals surface area contributed by atoms with E-state index >= 15 is 0 Å². The van der Waals surface area contributed by atoms with Gasteiger partial charge in [-0.05, 0) is 42.5 Å². The zero-order chi connectivity index (χ0) is 15.5. The Balaban J connectivity index is 1.73. The van der Waals surface area contributed by atoms with Crippen LogP contribution in [0.15, 0.2) is 54.9 Å². The fourth-order valence-electron chi connectivity index (χ4n) is 2.19. The Morgan fingerprint density at radius 3 is 2.55 bits per heavy atom. The van der Waals surface area contributed by atoms with Gasteiger partial charge in [-0.1, -0.05) is 12.6 Å². The summed E-state index contributed by atoms with van der Waals surface area (Å²) in [5.41, 5.74) is 3.74. The standard InChI is InChI=1S/C16H16N4OS/c1-10(17-11-4-3-5-13(8-11)21-2)18-12-6-7-14-15(9-12)20-16(22)19-14/h3-9,17-18H,1H2,2H3,(H2,19,20,22). The number of hydrogen-bond donors (Lipinski definition) is 4. The molecule has 0 fully saturated rings. The van der Waals surface area contributed by atoms with Gasteiger partial charge in [-0.2, -0.15) is 0 Å². The van der Waals surface area contributed by atoms with Crippen LogP contribution in [0.3, 0.4) is 0 Å². The van der Waals surface area contributed by atoms with Crippen LogP contribution in [-0.4, -0.2) is 17.1 Å². The lowest BCUT2D eigenvalue weighted by molar-refractivity contribution is 0.415. The predicted octanol–water partition coefficient (Wildman–Crippen LogP) is 4.23. The minimum absolute atomic E-state index is 0.612. The molecule has 0 radical (unpaired) electrons. The molecule has 0 aliphatic rings. The van der Waals surface area contributed by atoms with Crippen LogP contribution in [0.2, 0.25) is 0 Å². The molecule has 0 amide bonds. The van der Waals surface area contributed by atoms with Crippen molar-refractivity contribution in [3.63, 3.8) is 0 Å². The first-order valence-corrected chi connectivity index (χ1v) is 7.14. The number of fused-ring (bicyclic) bond motifs is 1. The first-order valence-electron chi connectivity index (χ1n) is 6.73. The van der Waals surface area contributed by atoms with Crippen LogP contribution in [0.1, 0.15) is 0 Å². The van der Waals surface area contributed by atoms with Crippen molar-refractivity contribution in [1.29, 1.82) is 0 Å². The Morgan fingerprint density at radius 2 is 1.77 bits per heavy atom. The SMILES string of the molecule is C=C(Nc1cccc(OC)c1)Nc1ccc2[nH]c(=S)[nH]c2c1. The summed E-state index contributed by atoms with van der Waals surface area (Å²) in [4.78, 5) is 6.16. The maximum Gasteiger partial charge on any atom is 0.175 e. The van der Waals surface area contributed by atoms with Crippen LogP contribution >= 0.6 is 12.2 Å². The highest BCUT2D eigenvalue weighted by Crippen LogP contribution is 2.20. The van der Waals surface area contributed by atoms with E-state index in [1.165, 1.54) is 0 Å². The van der Waals surface area contributed by atoms with Crippen molar-refractivity contribution in [2.45, 2.75) is 0 Å². The largest absolute Gasteiger partial charge is 0.497 e. The first-order chi connectivity index (χ1) is 10.6. The second-order valence-electron chi connectivity index (χ2n) is 4.80. The van der Waals surface area contributed by atoms with Crippen LogP contribution in [-0.2, 0) is 0 Å². The number of aromatic nitrogens is 2. The smallest absolute Gasteiger partial charge is 0.175 e. The van der Waals surface area contributed by atoms with Crippen molar-refractivity contribution in [3.05, 3.63) is 59.6 Å². The molecule has 5 nitrogen and oxygen atoms in total. The van der Waals surface area contributed by atoms with E-state index in [1.807, 2.05) is 42.5 Å². The molecule has 22 heavy (non-hydrogen) atoms. The van der Waals surface area contributed by atoms with Gasteiger partial charge in [0.1, 0.15) is 11.6 Å². The third-order valence-electron chi connectivity index (χ3n) is 3.18. The summed E-state index contributed by atoms with van der Waals surface area (Å²) < 4.78 is 5.81. The van der Waals surface area contributed by atoms with Crippen molar-refractivity contribution in [2.75, 3.05) is 17.7 Å². The van der Waals surface area contributed by atoms with E-state index in [1.54, 1.807) is 7.11 Å². The van der Waals surface area contributed by atoms with Gasteiger partial charge in [0.05, 0.1) is 18.1 Å². The lowest BCUT2D eigenvalue weighted by Gasteiger charge is -2.13. The molecule has 0 spiro atoms. The predicted molar refractivity (Wildman–Crippen MR) is 92.9 cm³/mol. The normalized spacial score (nSPS) is 10.4. The summed E-state index contributed by atoms with van der Waals surface area (Å²) in [5, 5.41) is 6.41. The topological polar surface area (TPSA) is 64.9 Å². The maximum absolute atomic E-state index is 5.20. The van der Waals surface area contributed by atoms with Crippen molar-refractivity contribution < 1.29 is 4.74 Å². The molecule has 0 aliphatic carbocycles. The Morgan fingerprint density at radius 1 is 1.05 bits per heavy atom. The van der Waals surface area contributed by atoms with Crippen molar-refractivity contribution in [1.82, 2.24) is 9.97 Å². The van der Waals surface area contributed by atoms with E-state index in [2.05, 4.69) is 27.2 Å². The van der Waals surface area contributed by atoms with Gasteiger partial charge in [0.2, 0.25) is 0 Å². The van der Waals surface area contributed by atoms with E-state index in [0.717, 1.165) is 28.2 Å². The van der Waals surface area contributed by atoms with Crippen molar-refractivity contribution in [3.8, 4) is 5.75 Å². The number of rotatable bonds is 5. The van der Waals surface area contributed by atoms with Gasteiger partial charge in [0, 0.05) is 17.4 Å². The number of H-pyrrole nitrogens is 2. The molecule has 112 valence electrons. The van der Waals surface area contributed by atoms with E-state index in [9.17, 15) is 0 Å². The van der Waals surface area contributed by atoms with Crippen LogP contribution in [0.4, 0.5) is 11.4 Å². The lowest BCUT2D eigenvalue weighted by Crippen LogP contribution is -2.08. The van der Waals surface area contributed by atoms with Crippen molar-refractivity contribution >= 4 is 34.6 Å². The summed E-state index contributed by atoms with van der Waals surface area (Å²) >= 11 is 5.08. The number of aromatic amines is 2. The van der Waals surface area contributed by atoms with Crippen molar-refractivity contribution in [2.24, 2.45) is 0 Å². The summed E-state index contributed by atoms with van der Waals surface area (Å²) in [6.07, 6.45) is 0. The van der Waals surface area contributed by atoms with E-state index in [-0.39, 0.29) is 0 Å². The number of imidazole rings is 1. The van der Waals surface area contributed by atoms with Gasteiger partial charge in [-0.25, -0.2) is 0 Å². The number of hydrogen-bond acceptors (Lipinski definition) is 4. The summed E-state index contributed by atoms with van der Waals surface area (Å²) in [7, 11) is 1.64. The summed E-state index contributed by atoms with van der Waals surface area (Å²) in [6.45, 7) is 3.98. The molecular formula is C16H16N4OS. The second kappa shape index (κ2) is 5.95. The molecule has 0 saturated heterocycles. The number of anilines is 2. The molecule has 0 atom stereocenters. The average molecular weight is 312 g/mol. The number of methoxy groups -OCH3 is 1. The summed E-state index contributed by atoms with van der Waals surface area (Å²) in [5.74, 6) is 1.46. The van der Waals surface area contributed by atoms with Crippen LogP contribution < -0.4 is 15.4 Å². The highest BCUT2D eigenvalue weighted by atomic mass is 32.1. The molecular weight excluding hydrogens is 296 g/mol. The molecule has 0 unspecified atom stereocenters. The summed E-state index contributed by atoms with van der Waals surface area (Å²) in [6, 6.07) is 13.5. The van der Waals surface area contributed by atoms with E-state index in [4.69, 9.17) is 17.0 Å². The van der Waals surface area contributed by atoms with Gasteiger partial charge in [-0.15, -0.1) is 0 Å². The molecule has 3 rings (SSSR count).